The molecule has 5 nitrogen and oxygen atoms in total. The van der Waals surface area contributed by atoms with Crippen LogP contribution in [-0.4, -0.2) is 53.8 Å². The lowest BCUT2D eigenvalue weighted by atomic mass is 10.0. The van der Waals surface area contributed by atoms with Gasteiger partial charge >= 0.3 is 0 Å². The van der Waals surface area contributed by atoms with Crippen molar-refractivity contribution < 1.29 is 9.59 Å². The van der Waals surface area contributed by atoms with Crippen molar-refractivity contribution in [2.24, 2.45) is 11.8 Å². The summed E-state index contributed by atoms with van der Waals surface area (Å²) in [6, 6.07) is 2.23. The molecular weight excluding hydrogens is 334 g/mol. The Morgan fingerprint density at radius 3 is 2.72 bits per heavy atom. The van der Waals surface area contributed by atoms with Crippen LogP contribution < -0.4 is 5.32 Å². The van der Waals surface area contributed by atoms with Crippen molar-refractivity contribution in [2.45, 2.75) is 46.1 Å². The average Bonchev–Trinajstić information content (AvgIpc) is 3.29. The van der Waals surface area contributed by atoms with E-state index in [1.807, 2.05) is 16.3 Å². The highest BCUT2D eigenvalue weighted by Gasteiger charge is 2.34. The molecule has 138 valence electrons. The molecular formula is C19H29N3O2S. The van der Waals surface area contributed by atoms with Crippen molar-refractivity contribution in [3.05, 3.63) is 16.3 Å². The molecule has 6 heteroatoms. The van der Waals surface area contributed by atoms with E-state index in [4.69, 9.17) is 0 Å². The van der Waals surface area contributed by atoms with E-state index in [0.717, 1.165) is 32.0 Å². The van der Waals surface area contributed by atoms with Crippen molar-refractivity contribution in [3.63, 3.8) is 0 Å². The summed E-state index contributed by atoms with van der Waals surface area (Å²) in [6.45, 7) is 9.82. The number of carbonyl (C=O) groups is 2. The van der Waals surface area contributed by atoms with E-state index in [1.165, 1.54) is 37.6 Å². The normalized spacial score (nSPS) is 22.1. The number of carbonyl (C=O) groups excluding carboxylic acids is 2. The van der Waals surface area contributed by atoms with Gasteiger partial charge in [0.15, 0.2) is 0 Å². The number of nitrogens with zero attached hydrogens (tertiary/aromatic N) is 2. The molecule has 2 heterocycles. The van der Waals surface area contributed by atoms with E-state index in [-0.39, 0.29) is 11.8 Å². The van der Waals surface area contributed by atoms with Crippen LogP contribution >= 0.6 is 11.3 Å². The fraction of sp³-hybridized carbons (Fsp3) is 0.684. The first-order valence-electron chi connectivity index (χ1n) is 9.34. The van der Waals surface area contributed by atoms with E-state index in [0.29, 0.717) is 22.5 Å². The van der Waals surface area contributed by atoms with Gasteiger partial charge in [0.1, 0.15) is 4.88 Å². The van der Waals surface area contributed by atoms with Crippen molar-refractivity contribution in [3.8, 4) is 0 Å². The molecule has 1 aliphatic carbocycles. The number of amides is 2. The summed E-state index contributed by atoms with van der Waals surface area (Å²) in [7, 11) is 0. The van der Waals surface area contributed by atoms with Crippen molar-refractivity contribution in [1.82, 2.24) is 9.80 Å². The molecule has 25 heavy (non-hydrogen) atoms. The highest BCUT2D eigenvalue weighted by atomic mass is 32.1. The van der Waals surface area contributed by atoms with Crippen molar-refractivity contribution in [1.29, 1.82) is 0 Å². The SMILES string of the molecule is CC(=O)Nc1ccsc1C(=O)N1CCCN(CC2CC2)[C@H](C(C)C)C1. The summed E-state index contributed by atoms with van der Waals surface area (Å²) in [5.41, 5.74) is 0.641. The molecule has 0 aromatic carbocycles. The van der Waals surface area contributed by atoms with Gasteiger partial charge in [-0.1, -0.05) is 13.8 Å². The lowest BCUT2D eigenvalue weighted by Crippen LogP contribution is -2.46. The standard InChI is InChI=1S/C19H29N3O2S/c1-13(2)17-12-22(9-4-8-21(17)11-15-5-6-15)19(24)18-16(7-10-25-18)20-14(3)23/h7,10,13,15,17H,4-6,8-9,11-12H2,1-3H3,(H,20,23)/t17-/m0/s1. The van der Waals surface area contributed by atoms with Crippen LogP contribution in [0.15, 0.2) is 11.4 Å². The van der Waals surface area contributed by atoms with Crippen LogP contribution in [0.2, 0.25) is 0 Å². The quantitative estimate of drug-likeness (QED) is 0.873. The highest BCUT2D eigenvalue weighted by Crippen LogP contribution is 2.32. The van der Waals surface area contributed by atoms with Crippen molar-refractivity contribution >= 4 is 28.8 Å². The fourth-order valence-corrected chi connectivity index (χ4v) is 4.46. The topological polar surface area (TPSA) is 52.7 Å². The maximum atomic E-state index is 13.1. The van der Waals surface area contributed by atoms with Gasteiger partial charge in [-0.2, -0.15) is 0 Å². The molecule has 1 aliphatic heterocycles. The Labute approximate surface area is 154 Å². The summed E-state index contributed by atoms with van der Waals surface area (Å²) in [5, 5.41) is 4.65. The van der Waals surface area contributed by atoms with Gasteiger partial charge in [-0.3, -0.25) is 14.5 Å². The van der Waals surface area contributed by atoms with E-state index >= 15 is 0 Å². The van der Waals surface area contributed by atoms with Gasteiger partial charge in [0.2, 0.25) is 5.91 Å². The highest BCUT2D eigenvalue weighted by molar-refractivity contribution is 7.12. The van der Waals surface area contributed by atoms with Gasteiger partial charge in [-0.05, 0) is 42.5 Å². The Kier molecular flexibility index (Phi) is 5.79. The van der Waals surface area contributed by atoms with E-state index in [9.17, 15) is 9.59 Å². The summed E-state index contributed by atoms with van der Waals surface area (Å²) in [6.07, 6.45) is 3.74. The van der Waals surface area contributed by atoms with Crippen molar-refractivity contribution in [2.75, 3.05) is 31.5 Å². The Morgan fingerprint density at radius 1 is 1.32 bits per heavy atom. The molecule has 0 unspecified atom stereocenters. The molecule has 2 amide bonds. The Hall–Kier alpha value is -1.40. The molecule has 1 atom stereocenters. The van der Waals surface area contributed by atoms with Gasteiger partial charge in [-0.15, -0.1) is 11.3 Å². The van der Waals surface area contributed by atoms with Gasteiger partial charge in [-0.25, -0.2) is 0 Å². The third kappa shape index (κ3) is 4.61. The molecule has 0 radical (unpaired) electrons. The minimum atomic E-state index is -0.140. The van der Waals surface area contributed by atoms with Gasteiger partial charge in [0.05, 0.1) is 5.69 Å². The first-order chi connectivity index (χ1) is 12.0. The predicted molar refractivity (Wildman–Crippen MR) is 102 cm³/mol. The number of thiophene rings is 1. The maximum absolute atomic E-state index is 13.1. The summed E-state index contributed by atoms with van der Waals surface area (Å²) < 4.78 is 0. The molecule has 1 aromatic rings. The van der Waals surface area contributed by atoms with Crippen LogP contribution in [0.3, 0.4) is 0 Å². The lowest BCUT2D eigenvalue weighted by molar-refractivity contribution is -0.114. The van der Waals surface area contributed by atoms with E-state index in [2.05, 4.69) is 24.1 Å². The molecule has 1 saturated carbocycles. The zero-order valence-electron chi connectivity index (χ0n) is 15.5. The minimum absolute atomic E-state index is 0.0534. The summed E-state index contributed by atoms with van der Waals surface area (Å²) in [5.74, 6) is 1.30. The number of rotatable bonds is 5. The largest absolute Gasteiger partial charge is 0.336 e. The molecule has 2 fully saturated rings. The zero-order chi connectivity index (χ0) is 18.0. The summed E-state index contributed by atoms with van der Waals surface area (Å²) >= 11 is 1.41. The molecule has 1 aromatic heterocycles. The van der Waals surface area contributed by atoms with E-state index < -0.39 is 0 Å². The molecule has 1 saturated heterocycles. The number of nitrogens with one attached hydrogen (secondary N) is 1. The molecule has 0 spiro atoms. The van der Waals surface area contributed by atoms with Crippen LogP contribution in [0.1, 0.15) is 49.7 Å². The molecule has 0 bridgehead atoms. The van der Waals surface area contributed by atoms with Gasteiger partial charge < -0.3 is 10.2 Å². The third-order valence-corrected chi connectivity index (χ3v) is 6.07. The van der Waals surface area contributed by atoms with Crippen LogP contribution in [0, 0.1) is 11.8 Å². The Bertz CT molecular complexity index is 624. The van der Waals surface area contributed by atoms with Crippen LogP contribution in [0.4, 0.5) is 5.69 Å². The zero-order valence-corrected chi connectivity index (χ0v) is 16.3. The third-order valence-electron chi connectivity index (χ3n) is 5.17. The number of anilines is 1. The second-order valence-electron chi connectivity index (χ2n) is 7.70. The summed E-state index contributed by atoms with van der Waals surface area (Å²) in [4.78, 5) is 29.7. The van der Waals surface area contributed by atoms with Crippen LogP contribution in [0.25, 0.3) is 0 Å². The number of hydrogen-bond donors (Lipinski definition) is 1. The second kappa shape index (κ2) is 7.87. The lowest BCUT2D eigenvalue weighted by Gasteiger charge is -2.34. The first-order valence-corrected chi connectivity index (χ1v) is 10.2. The Balaban J connectivity index is 1.74. The predicted octanol–water partition coefficient (Wildman–Crippen LogP) is 3.29. The fourth-order valence-electron chi connectivity index (χ4n) is 3.65. The molecule has 2 aliphatic rings. The maximum Gasteiger partial charge on any atom is 0.266 e. The van der Waals surface area contributed by atoms with Crippen LogP contribution in [0.5, 0.6) is 0 Å². The van der Waals surface area contributed by atoms with Gasteiger partial charge in [0, 0.05) is 39.1 Å². The van der Waals surface area contributed by atoms with Crippen LogP contribution in [-0.2, 0) is 4.79 Å². The average molecular weight is 364 g/mol. The second-order valence-corrected chi connectivity index (χ2v) is 8.62. The number of hydrogen-bond acceptors (Lipinski definition) is 4. The Morgan fingerprint density at radius 2 is 2.08 bits per heavy atom. The molecule has 1 N–H and O–H groups in total. The first kappa shape index (κ1) is 18.4. The molecule has 3 rings (SSSR count). The van der Waals surface area contributed by atoms with Gasteiger partial charge in [0.25, 0.3) is 5.91 Å². The van der Waals surface area contributed by atoms with E-state index in [1.54, 1.807) is 0 Å². The monoisotopic (exact) mass is 363 g/mol. The smallest absolute Gasteiger partial charge is 0.266 e. The minimum Gasteiger partial charge on any atom is -0.336 e.